The average molecular weight is 297 g/mol. The van der Waals surface area contributed by atoms with E-state index >= 15 is 0 Å². The van der Waals surface area contributed by atoms with Crippen LogP contribution in [0.15, 0.2) is 41.1 Å². The number of hydrogen-bond donors (Lipinski definition) is 1. The zero-order valence-corrected chi connectivity index (χ0v) is 10.8. The van der Waals surface area contributed by atoms with Crippen LogP contribution in [0.3, 0.4) is 0 Å². The Morgan fingerprint density at radius 3 is 2.71 bits per heavy atom. The molecule has 0 bridgehead atoms. The van der Waals surface area contributed by atoms with Gasteiger partial charge in [-0.05, 0) is 24.3 Å². The predicted octanol–water partition coefficient (Wildman–Crippen LogP) is 2.22. The van der Waals surface area contributed by atoms with Crippen LogP contribution in [0.25, 0.3) is 0 Å². The largest absolute Gasteiger partial charge is 0.492 e. The summed E-state index contributed by atoms with van der Waals surface area (Å²) in [4.78, 5) is 0. The van der Waals surface area contributed by atoms with Crippen molar-refractivity contribution in [3.05, 3.63) is 46.7 Å². The van der Waals surface area contributed by atoms with Gasteiger partial charge in [-0.2, -0.15) is 5.10 Å². The number of aliphatic hydroxyl groups excluding tert-OH is 1. The molecule has 0 aliphatic rings. The molecular formula is C12H13BrN2O2. The third-order valence-electron chi connectivity index (χ3n) is 2.27. The van der Waals surface area contributed by atoms with Crippen LogP contribution >= 0.6 is 15.9 Å². The fourth-order valence-electron chi connectivity index (χ4n) is 1.40. The Labute approximate surface area is 108 Å². The number of rotatable bonds is 5. The maximum atomic E-state index is 8.89. The van der Waals surface area contributed by atoms with Gasteiger partial charge >= 0.3 is 0 Å². The minimum absolute atomic E-state index is 0.0214. The van der Waals surface area contributed by atoms with Gasteiger partial charge in [0.2, 0.25) is 0 Å². The van der Waals surface area contributed by atoms with Gasteiger partial charge in [-0.15, -0.1) is 0 Å². The van der Waals surface area contributed by atoms with E-state index in [1.54, 1.807) is 10.9 Å². The average Bonchev–Trinajstić information content (AvgIpc) is 2.80. The number of benzene rings is 1. The molecule has 1 aromatic heterocycles. The van der Waals surface area contributed by atoms with Crippen LogP contribution in [0.4, 0.5) is 0 Å². The fourth-order valence-corrected chi connectivity index (χ4v) is 1.66. The van der Waals surface area contributed by atoms with Crippen LogP contribution in [0.1, 0.15) is 5.56 Å². The van der Waals surface area contributed by atoms with Crippen molar-refractivity contribution in [2.45, 2.75) is 13.2 Å². The molecule has 1 N–H and O–H groups in total. The number of hydrogen-bond acceptors (Lipinski definition) is 3. The van der Waals surface area contributed by atoms with E-state index in [0.29, 0.717) is 13.2 Å². The lowest BCUT2D eigenvalue weighted by atomic mass is 10.3. The third kappa shape index (κ3) is 3.57. The number of ether oxygens (including phenoxy) is 1. The summed E-state index contributed by atoms with van der Waals surface area (Å²) in [6.07, 6.45) is 3.46. The van der Waals surface area contributed by atoms with Crippen molar-refractivity contribution in [1.29, 1.82) is 0 Å². The van der Waals surface area contributed by atoms with Crippen LogP contribution in [0, 0.1) is 0 Å². The summed E-state index contributed by atoms with van der Waals surface area (Å²) in [6.45, 7) is 1.23. The number of aliphatic hydroxyl groups is 1. The molecule has 0 fully saturated rings. The molecule has 2 rings (SSSR count). The Bertz CT molecular complexity index is 468. The normalized spacial score (nSPS) is 10.5. The van der Waals surface area contributed by atoms with E-state index in [1.807, 2.05) is 30.5 Å². The number of nitrogens with zero attached hydrogens (tertiary/aromatic N) is 2. The zero-order chi connectivity index (χ0) is 12.1. The van der Waals surface area contributed by atoms with E-state index < -0.39 is 0 Å². The molecular weight excluding hydrogens is 284 g/mol. The van der Waals surface area contributed by atoms with Crippen molar-refractivity contribution < 1.29 is 9.84 Å². The Morgan fingerprint density at radius 2 is 2.06 bits per heavy atom. The van der Waals surface area contributed by atoms with Gasteiger partial charge in [0, 0.05) is 16.2 Å². The molecule has 0 aliphatic carbocycles. The minimum Gasteiger partial charge on any atom is -0.492 e. The van der Waals surface area contributed by atoms with Crippen molar-refractivity contribution in [1.82, 2.24) is 9.78 Å². The summed E-state index contributed by atoms with van der Waals surface area (Å²) in [5.41, 5.74) is 0.814. The quantitative estimate of drug-likeness (QED) is 0.920. The van der Waals surface area contributed by atoms with Gasteiger partial charge in [-0.25, -0.2) is 0 Å². The summed E-state index contributed by atoms with van der Waals surface area (Å²) in [5.74, 6) is 0.836. The van der Waals surface area contributed by atoms with Crippen molar-refractivity contribution in [3.63, 3.8) is 0 Å². The van der Waals surface area contributed by atoms with E-state index in [2.05, 4.69) is 21.0 Å². The SMILES string of the molecule is OCc1cnn(CCOc2ccc(Br)cc2)c1. The van der Waals surface area contributed by atoms with Gasteiger partial charge in [-0.1, -0.05) is 15.9 Å². The molecule has 17 heavy (non-hydrogen) atoms. The lowest BCUT2D eigenvalue weighted by Gasteiger charge is -2.06. The van der Waals surface area contributed by atoms with Crippen LogP contribution in [-0.2, 0) is 13.2 Å². The first kappa shape index (κ1) is 12.1. The smallest absolute Gasteiger partial charge is 0.119 e. The highest BCUT2D eigenvalue weighted by molar-refractivity contribution is 9.10. The van der Waals surface area contributed by atoms with Crippen LogP contribution in [-0.4, -0.2) is 21.5 Å². The molecule has 1 heterocycles. The van der Waals surface area contributed by atoms with E-state index in [1.165, 1.54) is 0 Å². The Morgan fingerprint density at radius 1 is 1.29 bits per heavy atom. The predicted molar refractivity (Wildman–Crippen MR) is 67.8 cm³/mol. The highest BCUT2D eigenvalue weighted by Gasteiger charge is 1.98. The lowest BCUT2D eigenvalue weighted by molar-refractivity contribution is 0.280. The summed E-state index contributed by atoms with van der Waals surface area (Å²) < 4.78 is 8.35. The lowest BCUT2D eigenvalue weighted by Crippen LogP contribution is -2.08. The number of halogens is 1. The Balaban J connectivity index is 1.81. The second kappa shape index (κ2) is 5.84. The van der Waals surface area contributed by atoms with E-state index in [0.717, 1.165) is 15.8 Å². The van der Waals surface area contributed by atoms with Crippen LogP contribution < -0.4 is 4.74 Å². The van der Waals surface area contributed by atoms with Crippen molar-refractivity contribution in [3.8, 4) is 5.75 Å². The first-order valence-electron chi connectivity index (χ1n) is 5.28. The van der Waals surface area contributed by atoms with Gasteiger partial charge in [0.15, 0.2) is 0 Å². The highest BCUT2D eigenvalue weighted by Crippen LogP contribution is 2.15. The molecule has 5 heteroatoms. The summed E-state index contributed by atoms with van der Waals surface area (Å²) in [7, 11) is 0. The molecule has 0 saturated carbocycles. The monoisotopic (exact) mass is 296 g/mol. The fraction of sp³-hybridized carbons (Fsp3) is 0.250. The first-order chi connectivity index (χ1) is 8.28. The molecule has 0 unspecified atom stereocenters. The van der Waals surface area contributed by atoms with E-state index in [9.17, 15) is 0 Å². The molecule has 0 radical (unpaired) electrons. The topological polar surface area (TPSA) is 47.3 Å². The van der Waals surface area contributed by atoms with Gasteiger partial charge in [0.25, 0.3) is 0 Å². The molecule has 4 nitrogen and oxygen atoms in total. The molecule has 0 saturated heterocycles. The van der Waals surface area contributed by atoms with Crippen LogP contribution in [0.2, 0.25) is 0 Å². The van der Waals surface area contributed by atoms with Gasteiger partial charge in [-0.3, -0.25) is 4.68 Å². The molecule has 2 aromatic rings. The summed E-state index contributed by atoms with van der Waals surface area (Å²) in [5, 5.41) is 13.0. The zero-order valence-electron chi connectivity index (χ0n) is 9.21. The Hall–Kier alpha value is -1.33. The number of aromatic nitrogens is 2. The maximum absolute atomic E-state index is 8.89. The maximum Gasteiger partial charge on any atom is 0.119 e. The van der Waals surface area contributed by atoms with Crippen LogP contribution in [0.5, 0.6) is 5.75 Å². The summed E-state index contributed by atoms with van der Waals surface area (Å²) >= 11 is 3.37. The van der Waals surface area contributed by atoms with Gasteiger partial charge in [0.1, 0.15) is 12.4 Å². The second-order valence-electron chi connectivity index (χ2n) is 3.57. The van der Waals surface area contributed by atoms with Crippen molar-refractivity contribution >= 4 is 15.9 Å². The molecule has 1 aromatic carbocycles. The molecule has 0 spiro atoms. The highest BCUT2D eigenvalue weighted by atomic mass is 79.9. The minimum atomic E-state index is 0.0214. The molecule has 0 amide bonds. The molecule has 0 atom stereocenters. The Kier molecular flexibility index (Phi) is 4.17. The van der Waals surface area contributed by atoms with Crippen molar-refractivity contribution in [2.24, 2.45) is 0 Å². The first-order valence-corrected chi connectivity index (χ1v) is 6.08. The van der Waals surface area contributed by atoms with E-state index in [4.69, 9.17) is 9.84 Å². The van der Waals surface area contributed by atoms with Gasteiger partial charge < -0.3 is 9.84 Å². The molecule has 90 valence electrons. The molecule has 0 aliphatic heterocycles. The second-order valence-corrected chi connectivity index (χ2v) is 4.49. The van der Waals surface area contributed by atoms with Crippen molar-refractivity contribution in [2.75, 3.05) is 6.61 Å². The van der Waals surface area contributed by atoms with E-state index in [-0.39, 0.29) is 6.61 Å². The summed E-state index contributed by atoms with van der Waals surface area (Å²) in [6, 6.07) is 7.69. The van der Waals surface area contributed by atoms with Gasteiger partial charge in [0.05, 0.1) is 19.3 Å². The standard InChI is InChI=1S/C12H13BrN2O2/c13-11-1-3-12(4-2-11)17-6-5-15-8-10(9-16)7-14-15/h1-4,7-8,16H,5-6,9H2. The third-order valence-corrected chi connectivity index (χ3v) is 2.80.